The summed E-state index contributed by atoms with van der Waals surface area (Å²) in [5.41, 5.74) is 0.471. The average Bonchev–Trinajstić information content (AvgIpc) is 2.53. The van der Waals surface area contributed by atoms with Gasteiger partial charge in [0.05, 0.1) is 10.6 Å². The van der Waals surface area contributed by atoms with Gasteiger partial charge in [0.2, 0.25) is 0 Å². The highest BCUT2D eigenvalue weighted by Gasteiger charge is 2.24. The lowest BCUT2D eigenvalue weighted by molar-refractivity contribution is -0.137. The first-order valence-electron chi connectivity index (χ1n) is 7.06. The molecule has 0 heterocycles. The third-order valence-electron chi connectivity index (χ3n) is 3.27. The monoisotopic (exact) mass is 431 g/mol. The van der Waals surface area contributed by atoms with Crippen LogP contribution in [0.4, 0.5) is 5.69 Å². The molecule has 0 bridgehead atoms. The maximum absolute atomic E-state index is 12.9. The second-order valence-corrected chi connectivity index (χ2v) is 8.22. The van der Waals surface area contributed by atoms with Gasteiger partial charge in [0, 0.05) is 22.5 Å². The molecule has 1 N–H and O–H groups in total. The minimum Gasteiger partial charge on any atom is -0.481 e. The fourth-order valence-corrected chi connectivity index (χ4v) is 4.00. The number of benzene rings is 2. The van der Waals surface area contributed by atoms with E-state index < -0.39 is 16.0 Å². The molecule has 8 heteroatoms. The number of nitrogens with zero attached hydrogens (tertiary/aromatic N) is 1. The van der Waals surface area contributed by atoms with Crippen molar-refractivity contribution in [2.45, 2.75) is 17.7 Å². The lowest BCUT2D eigenvalue weighted by Gasteiger charge is -2.24. The summed E-state index contributed by atoms with van der Waals surface area (Å²) < 4.78 is 27.9. The van der Waals surface area contributed by atoms with Gasteiger partial charge in [-0.05, 0) is 55.0 Å². The highest BCUT2D eigenvalue weighted by Crippen LogP contribution is 2.26. The van der Waals surface area contributed by atoms with E-state index in [-0.39, 0.29) is 24.3 Å². The molecule has 0 atom stereocenters. The molecular weight excluding hydrogens is 418 g/mol. The van der Waals surface area contributed by atoms with E-state index >= 15 is 0 Å². The van der Waals surface area contributed by atoms with Crippen molar-refractivity contribution < 1.29 is 18.3 Å². The molecule has 2 aromatic rings. The zero-order valence-corrected chi connectivity index (χ0v) is 15.7. The van der Waals surface area contributed by atoms with Crippen molar-refractivity contribution in [3.63, 3.8) is 0 Å². The van der Waals surface area contributed by atoms with E-state index in [1.165, 1.54) is 28.6 Å². The first-order chi connectivity index (χ1) is 11.3. The predicted octanol–water partition coefficient (Wildman–Crippen LogP) is 4.16. The average molecular weight is 433 g/mol. The van der Waals surface area contributed by atoms with Gasteiger partial charge in [0.15, 0.2) is 0 Å². The van der Waals surface area contributed by atoms with Crippen LogP contribution in [0.5, 0.6) is 0 Å². The second-order valence-electron chi connectivity index (χ2n) is 5.00. The van der Waals surface area contributed by atoms with Gasteiger partial charge in [0.1, 0.15) is 0 Å². The fraction of sp³-hybridized carbons (Fsp3) is 0.188. The Morgan fingerprint density at radius 2 is 1.67 bits per heavy atom. The largest absolute Gasteiger partial charge is 0.481 e. The third-order valence-corrected chi connectivity index (χ3v) is 5.89. The number of carboxylic acid groups (broad SMARTS) is 1. The molecule has 2 rings (SSSR count). The van der Waals surface area contributed by atoms with Crippen LogP contribution in [0.15, 0.2) is 57.9 Å². The molecule has 0 radical (unpaired) electrons. The van der Waals surface area contributed by atoms with E-state index in [1.807, 2.05) is 0 Å². The van der Waals surface area contributed by atoms with Crippen molar-refractivity contribution in [2.75, 3.05) is 10.8 Å². The van der Waals surface area contributed by atoms with Gasteiger partial charge in [-0.25, -0.2) is 8.42 Å². The molecule has 0 spiro atoms. The van der Waals surface area contributed by atoms with Crippen molar-refractivity contribution in [3.8, 4) is 0 Å². The van der Waals surface area contributed by atoms with E-state index in [0.717, 1.165) is 4.47 Å². The Labute approximate surface area is 154 Å². The molecule has 5 nitrogen and oxygen atoms in total. The van der Waals surface area contributed by atoms with Crippen LogP contribution in [-0.4, -0.2) is 26.0 Å². The summed E-state index contributed by atoms with van der Waals surface area (Å²) in [7, 11) is -3.82. The third kappa shape index (κ3) is 4.72. The van der Waals surface area contributed by atoms with Gasteiger partial charge in [-0.15, -0.1) is 0 Å². The Morgan fingerprint density at radius 1 is 1.08 bits per heavy atom. The molecule has 0 fully saturated rings. The van der Waals surface area contributed by atoms with Gasteiger partial charge < -0.3 is 5.11 Å². The number of anilines is 1. The number of rotatable bonds is 7. The van der Waals surface area contributed by atoms with Crippen molar-refractivity contribution in [3.05, 3.63) is 58.0 Å². The summed E-state index contributed by atoms with van der Waals surface area (Å²) in [5, 5.41) is 9.23. The van der Waals surface area contributed by atoms with Gasteiger partial charge in [-0.1, -0.05) is 27.5 Å². The zero-order valence-electron chi connectivity index (χ0n) is 12.5. The van der Waals surface area contributed by atoms with Crippen molar-refractivity contribution >= 4 is 49.2 Å². The number of carbonyl (C=O) groups is 1. The van der Waals surface area contributed by atoms with Crippen molar-refractivity contribution in [1.82, 2.24) is 0 Å². The molecular formula is C16H15BrClNO4S. The van der Waals surface area contributed by atoms with E-state index in [1.54, 1.807) is 24.3 Å². The maximum Gasteiger partial charge on any atom is 0.303 e. The van der Waals surface area contributed by atoms with Crippen LogP contribution in [0.3, 0.4) is 0 Å². The van der Waals surface area contributed by atoms with Crippen LogP contribution in [0, 0.1) is 0 Å². The number of hydrogen-bond donors (Lipinski definition) is 1. The van der Waals surface area contributed by atoms with Crippen LogP contribution >= 0.6 is 27.5 Å². The number of hydrogen-bond acceptors (Lipinski definition) is 3. The van der Waals surface area contributed by atoms with Gasteiger partial charge in [-0.3, -0.25) is 9.10 Å². The maximum atomic E-state index is 12.9. The summed E-state index contributed by atoms with van der Waals surface area (Å²) in [5.74, 6) is -0.963. The second kappa shape index (κ2) is 8.00. The fourth-order valence-electron chi connectivity index (χ4n) is 2.10. The zero-order chi connectivity index (χ0) is 17.7. The summed E-state index contributed by atoms with van der Waals surface area (Å²) in [4.78, 5) is 10.8. The summed E-state index contributed by atoms with van der Waals surface area (Å²) in [6.45, 7) is 0.0683. The smallest absolute Gasteiger partial charge is 0.303 e. The number of aliphatic carboxylic acids is 1. The van der Waals surface area contributed by atoms with E-state index in [9.17, 15) is 13.2 Å². The molecule has 0 amide bonds. The Morgan fingerprint density at radius 3 is 2.21 bits per heavy atom. The molecule has 2 aromatic carbocycles. The Balaban J connectivity index is 2.38. The molecule has 0 saturated carbocycles. The normalized spacial score (nSPS) is 11.2. The van der Waals surface area contributed by atoms with Crippen LogP contribution in [0.25, 0.3) is 0 Å². The van der Waals surface area contributed by atoms with Crippen molar-refractivity contribution in [2.24, 2.45) is 0 Å². The molecule has 0 aliphatic carbocycles. The van der Waals surface area contributed by atoms with E-state index in [4.69, 9.17) is 16.7 Å². The minimum absolute atomic E-state index is 0.0683. The topological polar surface area (TPSA) is 74.7 Å². The summed E-state index contributed by atoms with van der Waals surface area (Å²) in [6.07, 6.45) is 0.0986. The standard InChI is InChI=1S/C16H15BrClNO4S/c17-12-3-7-14(8-4-12)19(11-1-2-16(20)21)24(22,23)15-9-5-13(18)6-10-15/h3-10H,1-2,11H2,(H,20,21). The Bertz CT molecular complexity index is 807. The van der Waals surface area contributed by atoms with Crippen LogP contribution in [-0.2, 0) is 14.8 Å². The van der Waals surface area contributed by atoms with Crippen LogP contribution in [0.1, 0.15) is 12.8 Å². The molecule has 24 heavy (non-hydrogen) atoms. The SMILES string of the molecule is O=C(O)CCCN(c1ccc(Br)cc1)S(=O)(=O)c1ccc(Cl)cc1. The lowest BCUT2D eigenvalue weighted by Crippen LogP contribution is -2.32. The highest BCUT2D eigenvalue weighted by molar-refractivity contribution is 9.10. The van der Waals surface area contributed by atoms with E-state index in [0.29, 0.717) is 10.7 Å². The lowest BCUT2D eigenvalue weighted by atomic mass is 10.3. The van der Waals surface area contributed by atoms with Crippen LogP contribution < -0.4 is 4.31 Å². The van der Waals surface area contributed by atoms with Gasteiger partial charge in [0.25, 0.3) is 10.0 Å². The molecule has 128 valence electrons. The number of carboxylic acids is 1. The van der Waals surface area contributed by atoms with Gasteiger partial charge >= 0.3 is 5.97 Å². The predicted molar refractivity (Wildman–Crippen MR) is 97.0 cm³/mol. The number of sulfonamides is 1. The first-order valence-corrected chi connectivity index (χ1v) is 9.67. The Kier molecular flexibility index (Phi) is 6.26. The number of halogens is 2. The van der Waals surface area contributed by atoms with Gasteiger partial charge in [-0.2, -0.15) is 0 Å². The molecule has 0 aliphatic heterocycles. The molecule has 0 saturated heterocycles. The van der Waals surface area contributed by atoms with E-state index in [2.05, 4.69) is 15.9 Å². The quantitative estimate of drug-likeness (QED) is 0.713. The Hall–Kier alpha value is -1.57. The highest BCUT2D eigenvalue weighted by atomic mass is 79.9. The molecule has 0 unspecified atom stereocenters. The van der Waals surface area contributed by atoms with Crippen molar-refractivity contribution in [1.29, 1.82) is 0 Å². The first kappa shape index (κ1) is 18.8. The van der Waals surface area contributed by atoms with Crippen LogP contribution in [0.2, 0.25) is 5.02 Å². The summed E-state index contributed by atoms with van der Waals surface area (Å²) >= 11 is 9.12. The summed E-state index contributed by atoms with van der Waals surface area (Å²) in [6, 6.07) is 12.7. The minimum atomic E-state index is -3.82. The molecule has 0 aliphatic rings. The molecule has 0 aromatic heterocycles.